The Morgan fingerprint density at radius 3 is 1.64 bits per heavy atom. The van der Waals surface area contributed by atoms with Crippen LogP contribution in [0.4, 0.5) is 0 Å². The van der Waals surface area contributed by atoms with E-state index in [1.165, 1.54) is 70.6 Å². The van der Waals surface area contributed by atoms with E-state index in [9.17, 15) is 19.0 Å². The molecule has 0 saturated heterocycles. The Labute approximate surface area is 305 Å². The van der Waals surface area contributed by atoms with E-state index in [4.69, 9.17) is 24.3 Å². The molecule has 9 nitrogen and oxygen atoms in total. The van der Waals surface area contributed by atoms with Gasteiger partial charge < -0.3 is 20.1 Å². The van der Waals surface area contributed by atoms with Crippen LogP contribution in [0.2, 0.25) is 0 Å². The lowest BCUT2D eigenvalue weighted by Crippen LogP contribution is -2.29. The number of nitrogens with two attached hydrogens (primary N) is 1. The van der Waals surface area contributed by atoms with Crippen LogP contribution in [-0.2, 0) is 32.7 Å². The quantitative estimate of drug-likeness (QED) is 0.0277. The van der Waals surface area contributed by atoms with Crippen LogP contribution in [0, 0.1) is 0 Å². The SMILES string of the molecule is CC/C=C/C/C=C/C/C=C/CCCCCCCC(=O)OC[C@H](COP(=O)(O)OCCN)OC(=O)CCCCCCCCCCCCCCCC. The zero-order chi connectivity index (χ0) is 36.8. The smallest absolute Gasteiger partial charge is 0.462 e. The Morgan fingerprint density at radius 1 is 0.620 bits per heavy atom. The third-order valence-electron chi connectivity index (χ3n) is 8.29. The Morgan fingerprint density at radius 2 is 1.10 bits per heavy atom. The molecule has 0 bridgehead atoms. The van der Waals surface area contributed by atoms with Crippen molar-refractivity contribution < 1.29 is 37.6 Å². The molecule has 1 unspecified atom stereocenters. The number of hydrogen-bond donors (Lipinski definition) is 2. The average Bonchev–Trinajstić information content (AvgIpc) is 3.10. The molecule has 0 aliphatic rings. The van der Waals surface area contributed by atoms with Crippen molar-refractivity contribution in [2.45, 2.75) is 180 Å². The number of phosphoric acid groups is 1. The lowest BCUT2D eigenvalue weighted by Gasteiger charge is -2.19. The molecule has 0 radical (unpaired) electrons. The van der Waals surface area contributed by atoms with E-state index in [0.29, 0.717) is 12.8 Å². The minimum absolute atomic E-state index is 0.0512. The van der Waals surface area contributed by atoms with Gasteiger partial charge >= 0.3 is 19.8 Å². The maximum absolute atomic E-state index is 12.5. The largest absolute Gasteiger partial charge is 0.472 e. The molecule has 2 atom stereocenters. The number of unbranched alkanes of at least 4 members (excludes halogenated alkanes) is 18. The van der Waals surface area contributed by atoms with E-state index in [1.807, 2.05) is 0 Å². The number of rotatable bonds is 37. The normalized spacial score (nSPS) is 13.8. The molecular weight excluding hydrogens is 653 g/mol. The molecule has 0 aliphatic carbocycles. The molecule has 0 aromatic heterocycles. The molecule has 0 aromatic rings. The molecule has 3 N–H and O–H groups in total. The fourth-order valence-electron chi connectivity index (χ4n) is 5.35. The zero-order valence-corrected chi connectivity index (χ0v) is 32.8. The monoisotopic (exact) mass is 728 g/mol. The van der Waals surface area contributed by atoms with Gasteiger partial charge in [-0.15, -0.1) is 0 Å². The van der Waals surface area contributed by atoms with Crippen molar-refractivity contribution in [2.75, 3.05) is 26.4 Å². The number of esters is 2. The first kappa shape index (κ1) is 48.2. The fourth-order valence-corrected chi connectivity index (χ4v) is 6.12. The lowest BCUT2D eigenvalue weighted by atomic mass is 10.0. The van der Waals surface area contributed by atoms with Gasteiger partial charge in [0.1, 0.15) is 6.61 Å². The van der Waals surface area contributed by atoms with Crippen LogP contribution in [0.15, 0.2) is 36.5 Å². The Bertz CT molecular complexity index is 923. The highest BCUT2D eigenvalue weighted by Gasteiger charge is 2.25. The van der Waals surface area contributed by atoms with Gasteiger partial charge in [-0.2, -0.15) is 0 Å². The standard InChI is InChI=1S/C40H74NO8P/c1-3-5-7-9-11-13-15-17-19-21-22-24-26-28-30-32-39(42)46-36-38(37-48-50(44,45)47-35-34-41)49-40(43)33-31-29-27-25-23-20-18-16-14-12-10-8-6-4-2/h5,7,11,13,17,19,38H,3-4,6,8-10,12,14-16,18,20-37,41H2,1-2H3,(H,44,45)/b7-5+,13-11+,19-17+/t38-/m1/s1. The van der Waals surface area contributed by atoms with Crippen molar-refractivity contribution in [1.82, 2.24) is 0 Å². The summed E-state index contributed by atoms with van der Waals surface area (Å²) in [7, 11) is -4.37. The second-order valence-electron chi connectivity index (χ2n) is 13.1. The maximum atomic E-state index is 12.5. The van der Waals surface area contributed by atoms with Crippen molar-refractivity contribution in [3.05, 3.63) is 36.5 Å². The first-order valence-electron chi connectivity index (χ1n) is 20.0. The molecule has 0 spiro atoms. The topological polar surface area (TPSA) is 134 Å². The van der Waals surface area contributed by atoms with Crippen LogP contribution in [0.5, 0.6) is 0 Å². The lowest BCUT2D eigenvalue weighted by molar-refractivity contribution is -0.161. The molecule has 10 heteroatoms. The minimum Gasteiger partial charge on any atom is -0.462 e. The molecule has 50 heavy (non-hydrogen) atoms. The number of allylic oxidation sites excluding steroid dienone is 6. The maximum Gasteiger partial charge on any atom is 0.472 e. The Kier molecular flexibility index (Phi) is 35.7. The minimum atomic E-state index is -4.37. The fraction of sp³-hybridized carbons (Fsp3) is 0.800. The van der Waals surface area contributed by atoms with Crippen LogP contribution in [-0.4, -0.2) is 49.3 Å². The van der Waals surface area contributed by atoms with E-state index in [-0.39, 0.29) is 32.6 Å². The van der Waals surface area contributed by atoms with E-state index >= 15 is 0 Å². The average molecular weight is 728 g/mol. The highest BCUT2D eigenvalue weighted by Crippen LogP contribution is 2.43. The number of carbonyl (C=O) groups is 2. The summed E-state index contributed by atoms with van der Waals surface area (Å²) in [5.74, 6) is -0.846. The summed E-state index contributed by atoms with van der Waals surface area (Å²) in [4.78, 5) is 34.8. The molecule has 292 valence electrons. The van der Waals surface area contributed by atoms with Crippen LogP contribution in [0.25, 0.3) is 0 Å². The van der Waals surface area contributed by atoms with Gasteiger partial charge in [0.25, 0.3) is 0 Å². The Balaban J connectivity index is 4.21. The van der Waals surface area contributed by atoms with Crippen molar-refractivity contribution in [2.24, 2.45) is 5.73 Å². The summed E-state index contributed by atoms with van der Waals surface area (Å²) in [5.41, 5.74) is 5.33. The summed E-state index contributed by atoms with van der Waals surface area (Å²) in [6, 6.07) is 0. The second kappa shape index (κ2) is 37.0. The van der Waals surface area contributed by atoms with E-state index in [2.05, 4.69) is 50.3 Å². The summed E-state index contributed by atoms with van der Waals surface area (Å²) >= 11 is 0. The van der Waals surface area contributed by atoms with Gasteiger partial charge in [-0.25, -0.2) is 4.57 Å². The summed E-state index contributed by atoms with van der Waals surface area (Å²) < 4.78 is 32.7. The number of carbonyl (C=O) groups excluding carboxylic acids is 2. The van der Waals surface area contributed by atoms with Gasteiger partial charge in [0.2, 0.25) is 0 Å². The predicted octanol–water partition coefficient (Wildman–Crippen LogP) is 11.0. The summed E-state index contributed by atoms with van der Waals surface area (Å²) in [6.07, 6.45) is 38.8. The molecule has 0 aromatic carbocycles. The van der Waals surface area contributed by atoms with Gasteiger partial charge in [0, 0.05) is 19.4 Å². The van der Waals surface area contributed by atoms with Gasteiger partial charge in [-0.1, -0.05) is 153 Å². The first-order valence-corrected chi connectivity index (χ1v) is 21.5. The van der Waals surface area contributed by atoms with Crippen LogP contribution in [0.1, 0.15) is 174 Å². The zero-order valence-electron chi connectivity index (χ0n) is 31.9. The van der Waals surface area contributed by atoms with Crippen LogP contribution >= 0.6 is 7.82 Å². The third-order valence-corrected chi connectivity index (χ3v) is 9.27. The molecule has 0 rings (SSSR count). The second-order valence-corrected chi connectivity index (χ2v) is 14.6. The highest BCUT2D eigenvalue weighted by molar-refractivity contribution is 7.47. The summed E-state index contributed by atoms with van der Waals surface area (Å²) in [6.45, 7) is 3.60. The van der Waals surface area contributed by atoms with Gasteiger partial charge in [-0.05, 0) is 44.9 Å². The summed E-state index contributed by atoms with van der Waals surface area (Å²) in [5, 5.41) is 0. The van der Waals surface area contributed by atoms with Gasteiger partial charge in [0.05, 0.1) is 13.2 Å². The van der Waals surface area contributed by atoms with E-state index in [1.54, 1.807) is 0 Å². The number of phosphoric ester groups is 1. The van der Waals surface area contributed by atoms with Crippen molar-refractivity contribution in [3.8, 4) is 0 Å². The van der Waals surface area contributed by atoms with E-state index < -0.39 is 32.5 Å². The highest BCUT2D eigenvalue weighted by atomic mass is 31.2. The predicted molar refractivity (Wildman–Crippen MR) is 206 cm³/mol. The number of hydrogen-bond acceptors (Lipinski definition) is 8. The van der Waals surface area contributed by atoms with Gasteiger partial charge in [-0.3, -0.25) is 18.6 Å². The van der Waals surface area contributed by atoms with Crippen molar-refractivity contribution in [1.29, 1.82) is 0 Å². The first-order chi connectivity index (χ1) is 24.3. The van der Waals surface area contributed by atoms with E-state index in [0.717, 1.165) is 64.2 Å². The van der Waals surface area contributed by atoms with Crippen LogP contribution in [0.3, 0.4) is 0 Å². The van der Waals surface area contributed by atoms with Gasteiger partial charge in [0.15, 0.2) is 6.10 Å². The molecule has 0 aliphatic heterocycles. The third kappa shape index (κ3) is 36.0. The molecule has 0 heterocycles. The Hall–Kier alpha value is -1.77. The molecular formula is C40H74NO8P. The van der Waals surface area contributed by atoms with Crippen molar-refractivity contribution in [3.63, 3.8) is 0 Å². The molecule has 0 amide bonds. The number of ether oxygens (including phenoxy) is 2. The molecule has 0 fully saturated rings. The van der Waals surface area contributed by atoms with Crippen molar-refractivity contribution >= 4 is 19.8 Å². The van der Waals surface area contributed by atoms with Crippen LogP contribution < -0.4 is 5.73 Å². The molecule has 0 saturated carbocycles.